The van der Waals surface area contributed by atoms with Gasteiger partial charge in [0.25, 0.3) is 0 Å². The fourth-order valence-electron chi connectivity index (χ4n) is 3.01. The fourth-order valence-corrected chi connectivity index (χ4v) is 3.01. The summed E-state index contributed by atoms with van der Waals surface area (Å²) in [4.78, 5) is 2.54. The van der Waals surface area contributed by atoms with E-state index in [1.54, 1.807) is 0 Å². The van der Waals surface area contributed by atoms with Gasteiger partial charge in [0.05, 0.1) is 11.4 Å². The van der Waals surface area contributed by atoms with Crippen LogP contribution in [0.2, 0.25) is 0 Å². The highest BCUT2D eigenvalue weighted by Gasteiger charge is 2.14. The Kier molecular flexibility index (Phi) is 6.76. The lowest BCUT2D eigenvalue weighted by molar-refractivity contribution is 0.571. The van der Waals surface area contributed by atoms with E-state index >= 15 is 0 Å². The van der Waals surface area contributed by atoms with Gasteiger partial charge in [-0.3, -0.25) is 0 Å². The second kappa shape index (κ2) is 8.89. The second-order valence-electron chi connectivity index (χ2n) is 5.91. The quantitative estimate of drug-likeness (QED) is 0.633. The van der Waals surface area contributed by atoms with Crippen molar-refractivity contribution in [2.24, 2.45) is 0 Å². The SMILES string of the molecule is CCCCCCCCCCN1CCNc2ccccc21. The normalized spacial score (nSPS) is 13.9. The first-order chi connectivity index (χ1) is 9.92. The molecule has 2 nitrogen and oxygen atoms in total. The lowest BCUT2D eigenvalue weighted by Gasteiger charge is -2.32. The highest BCUT2D eigenvalue weighted by atomic mass is 15.2. The number of benzene rings is 1. The van der Waals surface area contributed by atoms with Gasteiger partial charge in [0.1, 0.15) is 0 Å². The molecule has 0 saturated carbocycles. The van der Waals surface area contributed by atoms with Crippen molar-refractivity contribution in [3.8, 4) is 0 Å². The molecule has 0 radical (unpaired) electrons. The van der Waals surface area contributed by atoms with Crippen molar-refractivity contribution < 1.29 is 0 Å². The van der Waals surface area contributed by atoms with Gasteiger partial charge in [-0.05, 0) is 18.6 Å². The van der Waals surface area contributed by atoms with Crippen LogP contribution in [0.15, 0.2) is 24.3 Å². The predicted octanol–water partition coefficient (Wildman–Crippen LogP) is 5.06. The van der Waals surface area contributed by atoms with E-state index in [-0.39, 0.29) is 0 Å². The molecule has 0 spiro atoms. The summed E-state index contributed by atoms with van der Waals surface area (Å²) in [5, 5.41) is 3.48. The molecule has 20 heavy (non-hydrogen) atoms. The van der Waals surface area contributed by atoms with E-state index in [9.17, 15) is 0 Å². The minimum atomic E-state index is 1.08. The van der Waals surface area contributed by atoms with E-state index in [2.05, 4.69) is 41.4 Å². The van der Waals surface area contributed by atoms with Gasteiger partial charge < -0.3 is 10.2 Å². The van der Waals surface area contributed by atoms with Crippen LogP contribution in [0.5, 0.6) is 0 Å². The van der Waals surface area contributed by atoms with Crippen molar-refractivity contribution in [3.63, 3.8) is 0 Å². The number of fused-ring (bicyclic) bond motifs is 1. The van der Waals surface area contributed by atoms with Crippen LogP contribution in [0.4, 0.5) is 11.4 Å². The summed E-state index contributed by atoms with van der Waals surface area (Å²) >= 11 is 0. The molecule has 0 saturated heterocycles. The summed E-state index contributed by atoms with van der Waals surface area (Å²) in [6, 6.07) is 8.69. The van der Waals surface area contributed by atoms with Crippen LogP contribution >= 0.6 is 0 Å². The zero-order chi connectivity index (χ0) is 14.0. The molecule has 0 bridgehead atoms. The Bertz CT molecular complexity index is 375. The Balaban J connectivity index is 1.61. The molecule has 1 aliphatic heterocycles. The van der Waals surface area contributed by atoms with Gasteiger partial charge >= 0.3 is 0 Å². The van der Waals surface area contributed by atoms with Gasteiger partial charge in [-0.15, -0.1) is 0 Å². The molecule has 1 aromatic carbocycles. The zero-order valence-electron chi connectivity index (χ0n) is 13.0. The highest BCUT2D eigenvalue weighted by molar-refractivity contribution is 5.71. The number of hydrogen-bond acceptors (Lipinski definition) is 2. The molecule has 1 aliphatic rings. The van der Waals surface area contributed by atoms with Crippen molar-refractivity contribution >= 4 is 11.4 Å². The molecule has 0 fully saturated rings. The van der Waals surface area contributed by atoms with Crippen LogP contribution in [0, 0.1) is 0 Å². The van der Waals surface area contributed by atoms with E-state index in [1.807, 2.05) is 0 Å². The van der Waals surface area contributed by atoms with Crippen LogP contribution in [-0.4, -0.2) is 19.6 Å². The Morgan fingerprint density at radius 2 is 1.65 bits per heavy atom. The molecule has 112 valence electrons. The van der Waals surface area contributed by atoms with E-state index < -0.39 is 0 Å². The molecule has 0 amide bonds. The van der Waals surface area contributed by atoms with Crippen molar-refractivity contribution in [2.45, 2.75) is 58.3 Å². The smallest absolute Gasteiger partial charge is 0.0602 e. The van der Waals surface area contributed by atoms with E-state index in [1.165, 1.54) is 69.3 Å². The Morgan fingerprint density at radius 3 is 2.45 bits per heavy atom. The number of hydrogen-bond donors (Lipinski definition) is 1. The van der Waals surface area contributed by atoms with Gasteiger partial charge in [-0.2, -0.15) is 0 Å². The number of nitrogens with zero attached hydrogens (tertiary/aromatic N) is 1. The molecule has 1 aromatic rings. The number of rotatable bonds is 9. The summed E-state index contributed by atoms with van der Waals surface area (Å²) < 4.78 is 0. The summed E-state index contributed by atoms with van der Waals surface area (Å²) in [7, 11) is 0. The van der Waals surface area contributed by atoms with Gasteiger partial charge in [0.15, 0.2) is 0 Å². The standard InChI is InChI=1S/C18H30N2/c1-2-3-4-5-6-7-8-11-15-20-16-14-19-17-12-9-10-13-18(17)20/h9-10,12-13,19H,2-8,11,14-16H2,1H3. The lowest BCUT2D eigenvalue weighted by atomic mass is 10.1. The third-order valence-electron chi connectivity index (χ3n) is 4.22. The summed E-state index contributed by atoms with van der Waals surface area (Å²) in [6.45, 7) is 5.72. The first-order valence-electron chi connectivity index (χ1n) is 8.49. The average Bonchev–Trinajstić information content (AvgIpc) is 2.50. The lowest BCUT2D eigenvalue weighted by Crippen LogP contribution is -2.34. The predicted molar refractivity (Wildman–Crippen MR) is 89.8 cm³/mol. The van der Waals surface area contributed by atoms with Crippen LogP contribution in [0.3, 0.4) is 0 Å². The largest absolute Gasteiger partial charge is 0.382 e. The van der Waals surface area contributed by atoms with E-state index in [4.69, 9.17) is 0 Å². The third kappa shape index (κ3) is 4.73. The molecule has 0 aliphatic carbocycles. The maximum atomic E-state index is 3.48. The monoisotopic (exact) mass is 274 g/mol. The Hall–Kier alpha value is -1.18. The second-order valence-corrected chi connectivity index (χ2v) is 5.91. The number of nitrogens with one attached hydrogen (secondary N) is 1. The van der Waals surface area contributed by atoms with Crippen LogP contribution < -0.4 is 10.2 Å². The maximum Gasteiger partial charge on any atom is 0.0602 e. The minimum absolute atomic E-state index is 1.08. The topological polar surface area (TPSA) is 15.3 Å². The van der Waals surface area contributed by atoms with Gasteiger partial charge in [-0.1, -0.05) is 64.0 Å². The molecule has 0 unspecified atom stereocenters. The van der Waals surface area contributed by atoms with Crippen molar-refractivity contribution in [1.29, 1.82) is 0 Å². The van der Waals surface area contributed by atoms with Crippen molar-refractivity contribution in [2.75, 3.05) is 29.9 Å². The molecule has 1 heterocycles. The average molecular weight is 274 g/mol. The summed E-state index contributed by atoms with van der Waals surface area (Å²) in [6.07, 6.45) is 11.2. The Labute approximate surface area is 124 Å². The maximum absolute atomic E-state index is 3.48. The number of para-hydroxylation sites is 2. The van der Waals surface area contributed by atoms with Gasteiger partial charge in [0.2, 0.25) is 0 Å². The van der Waals surface area contributed by atoms with Crippen LogP contribution in [0.1, 0.15) is 58.3 Å². The zero-order valence-corrected chi connectivity index (χ0v) is 13.0. The van der Waals surface area contributed by atoms with Crippen LogP contribution in [-0.2, 0) is 0 Å². The molecular weight excluding hydrogens is 244 g/mol. The first kappa shape index (κ1) is 15.2. The molecule has 0 atom stereocenters. The van der Waals surface area contributed by atoms with Crippen molar-refractivity contribution in [3.05, 3.63) is 24.3 Å². The van der Waals surface area contributed by atoms with Gasteiger partial charge in [0, 0.05) is 19.6 Å². The van der Waals surface area contributed by atoms with E-state index in [0.29, 0.717) is 0 Å². The molecule has 2 rings (SSSR count). The summed E-state index contributed by atoms with van der Waals surface area (Å²) in [5.41, 5.74) is 2.69. The third-order valence-corrected chi connectivity index (χ3v) is 4.22. The van der Waals surface area contributed by atoms with Crippen LogP contribution in [0.25, 0.3) is 0 Å². The van der Waals surface area contributed by atoms with Crippen molar-refractivity contribution in [1.82, 2.24) is 0 Å². The molecule has 2 heteroatoms. The van der Waals surface area contributed by atoms with E-state index in [0.717, 1.165) is 13.1 Å². The summed E-state index contributed by atoms with van der Waals surface area (Å²) in [5.74, 6) is 0. The number of unbranched alkanes of at least 4 members (excludes halogenated alkanes) is 7. The number of anilines is 2. The fraction of sp³-hybridized carbons (Fsp3) is 0.667. The Morgan fingerprint density at radius 1 is 0.950 bits per heavy atom. The molecular formula is C18H30N2. The van der Waals surface area contributed by atoms with Gasteiger partial charge in [-0.25, -0.2) is 0 Å². The molecule has 0 aromatic heterocycles. The minimum Gasteiger partial charge on any atom is -0.382 e. The molecule has 1 N–H and O–H groups in total. The first-order valence-corrected chi connectivity index (χ1v) is 8.49. The highest BCUT2D eigenvalue weighted by Crippen LogP contribution is 2.28.